The van der Waals surface area contributed by atoms with Crippen LogP contribution in [0.1, 0.15) is 103 Å². The molecule has 0 aromatic heterocycles. The molecule has 0 aliphatic heterocycles. The lowest BCUT2D eigenvalue weighted by molar-refractivity contribution is -0.138. The quantitative estimate of drug-likeness (QED) is 0.0432. The minimum Gasteiger partial charge on any atom is -0.377 e. The second kappa shape index (κ2) is 34.3. The molecular formula is C41H93NO16Si5. The van der Waals surface area contributed by atoms with Gasteiger partial charge in [0.25, 0.3) is 0 Å². The van der Waals surface area contributed by atoms with E-state index in [-0.39, 0.29) is 17.2 Å². The molecule has 17 nitrogen and oxygen atoms in total. The number of hydrogen-bond acceptors (Lipinski definition) is 16. The summed E-state index contributed by atoms with van der Waals surface area (Å²) in [6, 6.07) is 3.48. The molecule has 0 bridgehead atoms. The summed E-state index contributed by atoms with van der Waals surface area (Å²) >= 11 is 0. The fourth-order valence-corrected chi connectivity index (χ4v) is 17.8. The van der Waals surface area contributed by atoms with E-state index in [1.54, 1.807) is 107 Å². The minimum atomic E-state index is -2.77. The molecule has 0 radical (unpaired) electrons. The molecule has 0 atom stereocenters. The van der Waals surface area contributed by atoms with Gasteiger partial charge in [-0.1, -0.05) is 32.1 Å². The number of carbonyl (C=O) groups is 1. The van der Waals surface area contributed by atoms with Crippen LogP contribution in [0.2, 0.25) is 30.2 Å². The zero-order valence-electron chi connectivity index (χ0n) is 42.6. The normalized spacial score (nSPS) is 13.4. The molecule has 0 heterocycles. The number of unbranched alkanes of at least 4 members (excludes halogenated alkanes) is 5. The Morgan fingerprint density at radius 2 is 0.603 bits per heavy atom. The molecule has 0 N–H and O–H groups in total. The predicted octanol–water partition coefficient (Wildman–Crippen LogP) is 7.68. The van der Waals surface area contributed by atoms with Gasteiger partial charge in [-0.05, 0) is 76.5 Å². The molecule has 0 saturated heterocycles. The highest BCUT2D eigenvalue weighted by Crippen LogP contribution is 2.40. The molecule has 0 spiro atoms. The van der Waals surface area contributed by atoms with Crippen molar-refractivity contribution in [2.45, 2.75) is 133 Å². The van der Waals surface area contributed by atoms with Crippen LogP contribution in [-0.2, 0) is 71.2 Å². The summed E-state index contributed by atoms with van der Waals surface area (Å²) < 4.78 is 86.4. The Kier molecular flexibility index (Phi) is 34.2. The predicted molar refractivity (Wildman–Crippen MR) is 255 cm³/mol. The van der Waals surface area contributed by atoms with Gasteiger partial charge in [0.05, 0.1) is 0 Å². The first-order valence-electron chi connectivity index (χ1n) is 22.7. The topological polar surface area (TPSA) is 159 Å². The molecule has 0 fully saturated rings. The maximum atomic E-state index is 15.1. The smallest absolute Gasteiger partial charge is 0.377 e. The van der Waals surface area contributed by atoms with Gasteiger partial charge in [0, 0.05) is 156 Å². The van der Waals surface area contributed by atoms with Gasteiger partial charge in [-0.2, -0.15) is 0 Å². The van der Waals surface area contributed by atoms with Crippen LogP contribution in [0.3, 0.4) is 0 Å². The molecule has 0 aromatic rings. The third-order valence-electron chi connectivity index (χ3n) is 13.1. The van der Waals surface area contributed by atoms with E-state index < -0.39 is 44.0 Å². The van der Waals surface area contributed by atoms with Crippen molar-refractivity contribution < 1.29 is 71.2 Å². The number of rotatable bonds is 44. The van der Waals surface area contributed by atoms with E-state index >= 15 is 4.79 Å². The van der Waals surface area contributed by atoms with E-state index in [0.717, 1.165) is 96.3 Å². The Morgan fingerprint density at radius 1 is 0.381 bits per heavy atom. The molecule has 0 aliphatic rings. The molecule has 0 aliphatic carbocycles. The van der Waals surface area contributed by atoms with Crippen molar-refractivity contribution in [1.29, 1.82) is 0 Å². The molecule has 63 heavy (non-hydrogen) atoms. The molecule has 0 saturated carbocycles. The summed E-state index contributed by atoms with van der Waals surface area (Å²) in [5, 5.41) is 0. The van der Waals surface area contributed by atoms with Crippen molar-refractivity contribution in [2.24, 2.45) is 11.3 Å². The average molecular weight is 997 g/mol. The van der Waals surface area contributed by atoms with Crippen molar-refractivity contribution in [3.8, 4) is 0 Å². The van der Waals surface area contributed by atoms with Crippen molar-refractivity contribution in [3.63, 3.8) is 0 Å². The highest BCUT2D eigenvalue weighted by Gasteiger charge is 2.42. The van der Waals surface area contributed by atoms with E-state index in [9.17, 15) is 0 Å². The van der Waals surface area contributed by atoms with E-state index in [4.69, 9.17) is 66.4 Å². The van der Waals surface area contributed by atoms with E-state index in [1.165, 1.54) is 0 Å². The Morgan fingerprint density at radius 3 is 0.810 bits per heavy atom. The lowest BCUT2D eigenvalue weighted by atomic mass is 9.73. The second-order valence-electron chi connectivity index (χ2n) is 16.1. The van der Waals surface area contributed by atoms with E-state index in [2.05, 4.69) is 11.8 Å². The lowest BCUT2D eigenvalue weighted by Crippen LogP contribution is -2.45. The Bertz CT molecular complexity index is 996. The van der Waals surface area contributed by atoms with Crippen LogP contribution in [0.4, 0.5) is 0 Å². The van der Waals surface area contributed by atoms with E-state index in [1.807, 2.05) is 0 Å². The largest absolute Gasteiger partial charge is 0.500 e. The third kappa shape index (κ3) is 21.0. The van der Waals surface area contributed by atoms with Gasteiger partial charge in [-0.3, -0.25) is 4.79 Å². The van der Waals surface area contributed by atoms with Gasteiger partial charge in [-0.15, -0.1) is 0 Å². The van der Waals surface area contributed by atoms with Crippen LogP contribution in [0.15, 0.2) is 0 Å². The Balaban J connectivity index is 6.94. The van der Waals surface area contributed by atoms with Crippen molar-refractivity contribution in [3.05, 3.63) is 0 Å². The average Bonchev–Trinajstić information content (AvgIpc) is 3.33. The van der Waals surface area contributed by atoms with Crippen LogP contribution >= 0.6 is 0 Å². The minimum absolute atomic E-state index is 0.166. The van der Waals surface area contributed by atoms with E-state index in [0.29, 0.717) is 43.3 Å². The Labute approximate surface area is 389 Å². The SMILES string of the molecule is CCN(CC(CCCC[Si](OC)(OC)OC)(CCCC[Si](OC)(OC)OC)CCCC[Si](OC)(OC)OC)C(=O)C(CCCC[Si](OC)(OC)OC)CCCC[Si](OC)(OC)OC. The highest BCUT2D eigenvalue weighted by atomic mass is 28.4. The van der Waals surface area contributed by atoms with Gasteiger partial charge >= 0.3 is 44.0 Å². The molecule has 378 valence electrons. The van der Waals surface area contributed by atoms with Crippen LogP contribution < -0.4 is 0 Å². The fraction of sp³-hybridized carbons (Fsp3) is 0.976. The first kappa shape index (κ1) is 63.0. The van der Waals surface area contributed by atoms with Crippen LogP contribution in [0.5, 0.6) is 0 Å². The lowest BCUT2D eigenvalue weighted by Gasteiger charge is -2.41. The Hall–Kier alpha value is -0.0456. The van der Waals surface area contributed by atoms with Gasteiger partial charge in [0.15, 0.2) is 0 Å². The van der Waals surface area contributed by atoms with Crippen molar-refractivity contribution in [1.82, 2.24) is 4.90 Å². The fourth-order valence-electron chi connectivity index (χ4n) is 8.78. The second-order valence-corrected chi connectivity index (χ2v) is 31.6. The summed E-state index contributed by atoms with van der Waals surface area (Å²) in [7, 11) is 11.0. The zero-order valence-corrected chi connectivity index (χ0v) is 47.6. The van der Waals surface area contributed by atoms with Crippen LogP contribution in [-0.4, -0.2) is 175 Å². The number of hydrogen-bond donors (Lipinski definition) is 0. The van der Waals surface area contributed by atoms with Gasteiger partial charge < -0.3 is 71.3 Å². The molecule has 1 amide bonds. The summed E-state index contributed by atoms with van der Waals surface area (Å²) in [5.41, 5.74) is -0.191. The van der Waals surface area contributed by atoms with Crippen molar-refractivity contribution >= 4 is 49.9 Å². The van der Waals surface area contributed by atoms with Gasteiger partial charge in [0.1, 0.15) is 0 Å². The standard InChI is InChI=1S/C41H93NO16Si5/c1-17-42(40(43)39(28-18-23-33-59(44-2,45-3)46-4)29-19-24-34-60(47-5,48-6)49-7)38-41(30-20-25-35-61(50-8,51-9)52-10,31-21-26-36-62(53-11,54-12)55-13)32-22-27-37-63(56-14,57-15)58-16/h39H,17-38H2,1-16H3. The first-order valence-corrected chi connectivity index (χ1v) is 32.4. The summed E-state index contributed by atoms with van der Waals surface area (Å²) in [6.07, 6.45) is 13.0. The van der Waals surface area contributed by atoms with Gasteiger partial charge in [0.2, 0.25) is 5.91 Å². The van der Waals surface area contributed by atoms with Gasteiger partial charge in [-0.25, -0.2) is 0 Å². The van der Waals surface area contributed by atoms with Crippen LogP contribution in [0.25, 0.3) is 0 Å². The van der Waals surface area contributed by atoms with Crippen LogP contribution in [0, 0.1) is 11.3 Å². The molecule has 0 rings (SSSR count). The molecule has 22 heteroatoms. The molecule has 0 aromatic carbocycles. The maximum Gasteiger partial charge on any atom is 0.500 e. The number of carbonyl (C=O) groups excluding carboxylic acids is 1. The first-order chi connectivity index (χ1) is 30.2. The van der Waals surface area contributed by atoms with Crippen molar-refractivity contribution in [2.75, 3.05) is 120 Å². The molecule has 0 unspecified atom stereocenters. The summed E-state index contributed by atoms with van der Waals surface area (Å²) in [4.78, 5) is 17.2. The zero-order chi connectivity index (χ0) is 47.9. The summed E-state index contributed by atoms with van der Waals surface area (Å²) in [5.74, 6) is 0.0308. The number of nitrogens with zero attached hydrogens (tertiary/aromatic N) is 1. The monoisotopic (exact) mass is 996 g/mol. The summed E-state index contributed by atoms with van der Waals surface area (Å²) in [6.45, 7) is 3.35. The maximum absolute atomic E-state index is 15.1. The number of amides is 1. The highest BCUT2D eigenvalue weighted by molar-refractivity contribution is 6.62. The molecular weight excluding hydrogens is 903 g/mol. The third-order valence-corrected chi connectivity index (χ3v) is 27.3.